The summed E-state index contributed by atoms with van der Waals surface area (Å²) in [5.41, 5.74) is 2.05. The van der Waals surface area contributed by atoms with E-state index in [0.717, 1.165) is 5.56 Å². The third-order valence-corrected chi connectivity index (χ3v) is 5.43. The van der Waals surface area contributed by atoms with Crippen molar-refractivity contribution in [2.75, 3.05) is 34.3 Å². The van der Waals surface area contributed by atoms with Crippen LogP contribution in [0.1, 0.15) is 22.7 Å². The summed E-state index contributed by atoms with van der Waals surface area (Å²) < 4.78 is 5.27. The van der Waals surface area contributed by atoms with Gasteiger partial charge in [-0.1, -0.05) is 23.7 Å². The molecular weight excluding hydrogens is 404 g/mol. The van der Waals surface area contributed by atoms with Gasteiger partial charge in [0.1, 0.15) is 11.5 Å². The van der Waals surface area contributed by atoms with Crippen molar-refractivity contribution < 1.29 is 19.4 Å². The van der Waals surface area contributed by atoms with Crippen LogP contribution in [-0.2, 0) is 9.59 Å². The predicted molar refractivity (Wildman–Crippen MR) is 117 cm³/mol. The highest BCUT2D eigenvalue weighted by atomic mass is 35.5. The number of nitrogens with zero attached hydrogens (tertiary/aromatic N) is 2. The molecule has 1 unspecified atom stereocenters. The number of carbonyl (C=O) groups is 2. The highest BCUT2D eigenvalue weighted by Crippen LogP contribution is 2.40. The molecule has 2 aromatic carbocycles. The third-order valence-electron chi connectivity index (χ3n) is 5.18. The molecule has 1 fully saturated rings. The fraction of sp³-hybridized carbons (Fsp3) is 0.304. The van der Waals surface area contributed by atoms with E-state index < -0.39 is 17.7 Å². The summed E-state index contributed by atoms with van der Waals surface area (Å²) in [7, 11) is 5.36. The van der Waals surface area contributed by atoms with E-state index in [-0.39, 0.29) is 11.3 Å². The van der Waals surface area contributed by atoms with E-state index in [9.17, 15) is 14.7 Å². The molecule has 0 spiro atoms. The van der Waals surface area contributed by atoms with Crippen molar-refractivity contribution in [2.45, 2.75) is 13.0 Å². The molecule has 7 heteroatoms. The SMILES string of the molecule is COc1ccc(/C(O)=C2\C(=O)C(=O)N(CCN(C)C)C2c2ccc(Cl)cc2)cc1C. The van der Waals surface area contributed by atoms with E-state index in [1.807, 2.05) is 25.9 Å². The Bertz CT molecular complexity index is 999. The van der Waals surface area contributed by atoms with Gasteiger partial charge in [0.05, 0.1) is 18.7 Å². The van der Waals surface area contributed by atoms with Crippen molar-refractivity contribution >= 4 is 29.1 Å². The molecule has 3 rings (SSSR count). The number of rotatable bonds is 6. The average molecular weight is 429 g/mol. The number of amides is 1. The number of hydrogen-bond donors (Lipinski definition) is 1. The minimum Gasteiger partial charge on any atom is -0.507 e. The van der Waals surface area contributed by atoms with Crippen LogP contribution >= 0.6 is 11.6 Å². The highest BCUT2D eigenvalue weighted by Gasteiger charge is 2.45. The van der Waals surface area contributed by atoms with Crippen molar-refractivity contribution in [3.63, 3.8) is 0 Å². The van der Waals surface area contributed by atoms with Crippen LogP contribution in [0.25, 0.3) is 5.76 Å². The van der Waals surface area contributed by atoms with Crippen LogP contribution in [0.5, 0.6) is 5.75 Å². The first-order valence-electron chi connectivity index (χ1n) is 9.58. The van der Waals surface area contributed by atoms with Crippen LogP contribution < -0.4 is 4.74 Å². The molecule has 2 aromatic rings. The second-order valence-electron chi connectivity index (χ2n) is 7.53. The molecule has 1 aliphatic heterocycles. The van der Waals surface area contributed by atoms with E-state index in [1.54, 1.807) is 49.6 Å². The lowest BCUT2D eigenvalue weighted by molar-refractivity contribution is -0.140. The third kappa shape index (κ3) is 4.20. The summed E-state index contributed by atoms with van der Waals surface area (Å²) in [5, 5.41) is 11.6. The lowest BCUT2D eigenvalue weighted by atomic mass is 9.95. The number of aliphatic hydroxyl groups is 1. The molecular formula is C23H25ClN2O4. The predicted octanol–water partition coefficient (Wildman–Crippen LogP) is 3.64. The summed E-state index contributed by atoms with van der Waals surface area (Å²) >= 11 is 6.03. The number of methoxy groups -OCH3 is 1. The maximum Gasteiger partial charge on any atom is 0.295 e. The second kappa shape index (κ2) is 8.90. The fourth-order valence-electron chi connectivity index (χ4n) is 3.59. The Morgan fingerprint density at radius 1 is 1.17 bits per heavy atom. The number of aliphatic hydroxyl groups excluding tert-OH is 1. The molecule has 6 nitrogen and oxygen atoms in total. The number of likely N-dealkylation sites (N-methyl/N-ethyl adjacent to an activating group) is 1. The van der Waals surface area contributed by atoms with Gasteiger partial charge in [0, 0.05) is 23.7 Å². The number of halogens is 1. The number of ether oxygens (including phenoxy) is 1. The average Bonchev–Trinajstić information content (AvgIpc) is 2.96. The van der Waals surface area contributed by atoms with Crippen molar-refractivity contribution in [3.05, 3.63) is 69.8 Å². The topological polar surface area (TPSA) is 70.1 Å². The summed E-state index contributed by atoms with van der Waals surface area (Å²) in [6.45, 7) is 2.78. The first-order valence-corrected chi connectivity index (χ1v) is 9.96. The number of likely N-dealkylation sites (tertiary alicyclic amines) is 1. The Hall–Kier alpha value is -2.83. The van der Waals surface area contributed by atoms with E-state index in [1.165, 1.54) is 4.90 Å². The van der Waals surface area contributed by atoms with Gasteiger partial charge in [0.15, 0.2) is 0 Å². The smallest absolute Gasteiger partial charge is 0.295 e. The standard InChI is InChI=1S/C23H25ClN2O4/c1-14-13-16(7-10-18(14)30-4)21(27)19-20(15-5-8-17(24)9-6-15)26(12-11-25(2)3)23(29)22(19)28/h5-10,13,20,27H,11-12H2,1-4H3/b21-19+. The number of carbonyl (C=O) groups excluding carboxylic acids is 2. The fourth-order valence-corrected chi connectivity index (χ4v) is 3.72. The van der Waals surface area contributed by atoms with Gasteiger partial charge in [-0.15, -0.1) is 0 Å². The number of Topliss-reactive ketones (excluding diaryl/α,β-unsaturated/α-hetero) is 1. The zero-order chi connectivity index (χ0) is 22.0. The quantitative estimate of drug-likeness (QED) is 0.432. The molecule has 0 aromatic heterocycles. The van der Waals surface area contributed by atoms with E-state index >= 15 is 0 Å². The molecule has 1 atom stereocenters. The normalized spacial score (nSPS) is 18.3. The van der Waals surface area contributed by atoms with Crippen molar-refractivity contribution in [1.82, 2.24) is 9.80 Å². The summed E-state index contributed by atoms with van der Waals surface area (Å²) in [6, 6.07) is 11.4. The Morgan fingerprint density at radius 3 is 2.40 bits per heavy atom. The first-order chi connectivity index (χ1) is 14.2. The zero-order valence-corrected chi connectivity index (χ0v) is 18.2. The lowest BCUT2D eigenvalue weighted by Crippen LogP contribution is -2.35. The lowest BCUT2D eigenvalue weighted by Gasteiger charge is -2.26. The number of benzene rings is 2. The minimum absolute atomic E-state index is 0.0747. The molecule has 30 heavy (non-hydrogen) atoms. The molecule has 0 saturated carbocycles. The molecule has 0 radical (unpaired) electrons. The maximum atomic E-state index is 13.0. The van der Waals surface area contributed by atoms with Crippen LogP contribution in [0.2, 0.25) is 5.02 Å². The molecule has 1 amide bonds. The van der Waals surface area contributed by atoms with Gasteiger partial charge in [-0.3, -0.25) is 9.59 Å². The molecule has 1 heterocycles. The molecule has 1 saturated heterocycles. The van der Waals surface area contributed by atoms with Gasteiger partial charge in [0.2, 0.25) is 0 Å². The molecule has 1 N–H and O–H groups in total. The number of hydrogen-bond acceptors (Lipinski definition) is 5. The van der Waals surface area contributed by atoms with Crippen molar-refractivity contribution in [1.29, 1.82) is 0 Å². The van der Waals surface area contributed by atoms with Crippen LogP contribution in [0.15, 0.2) is 48.0 Å². The van der Waals surface area contributed by atoms with Crippen molar-refractivity contribution in [3.8, 4) is 5.75 Å². The van der Waals surface area contributed by atoms with Crippen LogP contribution in [0.3, 0.4) is 0 Å². The molecule has 158 valence electrons. The van der Waals surface area contributed by atoms with Crippen LogP contribution in [0, 0.1) is 6.92 Å². The summed E-state index contributed by atoms with van der Waals surface area (Å²) in [5.74, 6) is -0.845. The largest absolute Gasteiger partial charge is 0.507 e. The second-order valence-corrected chi connectivity index (χ2v) is 7.97. The van der Waals surface area contributed by atoms with Crippen LogP contribution in [-0.4, -0.2) is 60.9 Å². The molecule has 0 aliphatic carbocycles. The van der Waals surface area contributed by atoms with Crippen molar-refractivity contribution in [2.24, 2.45) is 0 Å². The molecule has 1 aliphatic rings. The first kappa shape index (κ1) is 21.9. The van der Waals surface area contributed by atoms with Gasteiger partial charge in [-0.25, -0.2) is 0 Å². The van der Waals surface area contributed by atoms with Gasteiger partial charge in [-0.05, 0) is 62.5 Å². The van der Waals surface area contributed by atoms with E-state index in [4.69, 9.17) is 16.3 Å². The van der Waals surface area contributed by atoms with Gasteiger partial charge >= 0.3 is 0 Å². The minimum atomic E-state index is -0.695. The van der Waals surface area contributed by atoms with E-state index in [2.05, 4.69) is 0 Å². The zero-order valence-electron chi connectivity index (χ0n) is 17.5. The monoisotopic (exact) mass is 428 g/mol. The Kier molecular flexibility index (Phi) is 6.48. The summed E-state index contributed by atoms with van der Waals surface area (Å²) in [4.78, 5) is 29.3. The maximum absolute atomic E-state index is 13.0. The van der Waals surface area contributed by atoms with Gasteiger partial charge < -0.3 is 19.6 Å². The van der Waals surface area contributed by atoms with E-state index in [0.29, 0.717) is 35.0 Å². The van der Waals surface area contributed by atoms with Gasteiger partial charge in [-0.2, -0.15) is 0 Å². The van der Waals surface area contributed by atoms with Gasteiger partial charge in [0.25, 0.3) is 11.7 Å². The van der Waals surface area contributed by atoms with Crippen LogP contribution in [0.4, 0.5) is 0 Å². The Morgan fingerprint density at radius 2 is 1.83 bits per heavy atom. The highest BCUT2D eigenvalue weighted by molar-refractivity contribution is 6.46. The number of aryl methyl sites for hydroxylation is 1. The number of ketones is 1. The summed E-state index contributed by atoms with van der Waals surface area (Å²) in [6.07, 6.45) is 0. The Balaban J connectivity index is 2.14. The molecule has 0 bridgehead atoms. The Labute approximate surface area is 181 Å².